The van der Waals surface area contributed by atoms with Gasteiger partial charge in [0.1, 0.15) is 23.2 Å². The van der Waals surface area contributed by atoms with Gasteiger partial charge in [-0.2, -0.15) is 0 Å². The maximum absolute atomic E-state index is 6.51. The quantitative estimate of drug-likeness (QED) is 0.141. The Hall–Kier alpha value is -1.99. The summed E-state index contributed by atoms with van der Waals surface area (Å²) in [5.74, 6) is 0.494. The summed E-state index contributed by atoms with van der Waals surface area (Å²) in [6.45, 7) is 17.2. The average molecular weight is 518 g/mol. The molecular formula is C33H46OPSi+. The summed E-state index contributed by atoms with van der Waals surface area (Å²) >= 11 is 0. The summed E-state index contributed by atoms with van der Waals surface area (Å²) < 4.78 is 6.51. The van der Waals surface area contributed by atoms with Gasteiger partial charge in [-0.15, -0.1) is 0 Å². The largest absolute Gasteiger partial charge is 0.417 e. The molecule has 0 saturated heterocycles. The van der Waals surface area contributed by atoms with Crippen LogP contribution in [0.1, 0.15) is 47.5 Å². The monoisotopic (exact) mass is 517 g/mol. The van der Waals surface area contributed by atoms with Gasteiger partial charge in [-0.1, -0.05) is 95.3 Å². The lowest BCUT2D eigenvalue weighted by atomic mass is 10.0. The van der Waals surface area contributed by atoms with Crippen molar-refractivity contribution in [3.63, 3.8) is 0 Å². The minimum atomic E-state index is -1.85. The highest BCUT2D eigenvalue weighted by atomic mass is 31.2. The van der Waals surface area contributed by atoms with Gasteiger partial charge in [0.25, 0.3) is 0 Å². The molecule has 0 bridgehead atoms. The number of hydrogen-bond acceptors (Lipinski definition) is 1. The summed E-state index contributed by atoms with van der Waals surface area (Å²) in [6, 6.07) is 33.7. The van der Waals surface area contributed by atoms with Crippen LogP contribution in [0, 0.1) is 5.92 Å². The van der Waals surface area contributed by atoms with Gasteiger partial charge >= 0.3 is 0 Å². The molecule has 0 aliphatic heterocycles. The van der Waals surface area contributed by atoms with Gasteiger partial charge in [0.15, 0.2) is 8.32 Å². The highest BCUT2D eigenvalue weighted by Gasteiger charge is 2.45. The lowest BCUT2D eigenvalue weighted by Gasteiger charge is -2.36. The molecule has 3 aromatic carbocycles. The second-order valence-electron chi connectivity index (χ2n) is 11.5. The molecule has 0 spiro atoms. The first-order valence-corrected chi connectivity index (χ1v) is 18.4. The van der Waals surface area contributed by atoms with Gasteiger partial charge in [0.2, 0.25) is 0 Å². The first kappa shape index (κ1) is 28.6. The Labute approximate surface area is 222 Å². The van der Waals surface area contributed by atoms with Crippen LogP contribution >= 0.6 is 7.26 Å². The third kappa shape index (κ3) is 6.85. The van der Waals surface area contributed by atoms with E-state index in [1.165, 1.54) is 15.9 Å². The highest BCUT2D eigenvalue weighted by Crippen LogP contribution is 2.57. The maximum Gasteiger partial charge on any atom is 0.191 e. The van der Waals surface area contributed by atoms with Crippen LogP contribution in [0.4, 0.5) is 0 Å². The predicted octanol–water partition coefficient (Wildman–Crippen LogP) is 8.36. The molecule has 0 aliphatic carbocycles. The summed E-state index contributed by atoms with van der Waals surface area (Å²) in [6.07, 6.45) is 5.78. The molecule has 0 radical (unpaired) electrons. The molecule has 1 nitrogen and oxygen atoms in total. The molecule has 0 heterocycles. The summed E-state index contributed by atoms with van der Waals surface area (Å²) in [4.78, 5) is 0. The molecule has 0 fully saturated rings. The van der Waals surface area contributed by atoms with Crippen LogP contribution in [0.5, 0.6) is 0 Å². The Morgan fingerprint density at radius 2 is 1.22 bits per heavy atom. The van der Waals surface area contributed by atoms with Crippen molar-refractivity contribution in [3.8, 4) is 0 Å². The first-order chi connectivity index (χ1) is 17.1. The van der Waals surface area contributed by atoms with Crippen LogP contribution in [0.25, 0.3) is 0 Å². The zero-order chi connectivity index (χ0) is 26.2. The van der Waals surface area contributed by atoms with E-state index in [4.69, 9.17) is 4.43 Å². The molecule has 3 aromatic rings. The van der Waals surface area contributed by atoms with Crippen molar-refractivity contribution in [2.45, 2.75) is 65.6 Å². The Morgan fingerprint density at radius 3 is 1.58 bits per heavy atom. The number of rotatable bonds is 11. The smallest absolute Gasteiger partial charge is 0.191 e. The van der Waals surface area contributed by atoms with Crippen molar-refractivity contribution in [3.05, 3.63) is 103 Å². The van der Waals surface area contributed by atoms with Gasteiger partial charge in [-0.3, -0.25) is 0 Å². The summed E-state index contributed by atoms with van der Waals surface area (Å²) in [5, 5.41) is 4.62. The van der Waals surface area contributed by atoms with Crippen LogP contribution in [0.2, 0.25) is 18.1 Å². The molecule has 1 atom stereocenters. The van der Waals surface area contributed by atoms with Crippen LogP contribution in [-0.4, -0.2) is 21.1 Å². The molecule has 0 aliphatic rings. The van der Waals surface area contributed by atoms with Gasteiger partial charge < -0.3 is 4.43 Å². The molecule has 0 N–H and O–H groups in total. The topological polar surface area (TPSA) is 9.23 Å². The Bertz CT molecular complexity index is 988. The van der Waals surface area contributed by atoms with Crippen LogP contribution in [0.3, 0.4) is 0 Å². The third-order valence-electron chi connectivity index (χ3n) is 7.85. The standard InChI is InChI=1S/C33H46OPSi/c1-8-29(26-28(2)24-25-34-36(6,7)33(3,4)5)27-35(30-18-12-9-13-19-30,31-20-14-10-15-21-31)32-22-16-11-17-23-32/h9-23,26,28H,8,24-25,27H2,1-7H3/q+1/b29-26+/t28-/m0/s1. The molecule has 36 heavy (non-hydrogen) atoms. The van der Waals surface area contributed by atoms with Crippen molar-refractivity contribution < 1.29 is 4.43 Å². The van der Waals surface area contributed by atoms with E-state index in [2.05, 4.69) is 145 Å². The fraction of sp³-hybridized carbons (Fsp3) is 0.394. The molecule has 0 aromatic heterocycles. The lowest BCUT2D eigenvalue weighted by molar-refractivity contribution is 0.270. The van der Waals surface area contributed by atoms with Crippen molar-refractivity contribution >= 4 is 31.5 Å². The first-order valence-electron chi connectivity index (χ1n) is 13.5. The maximum atomic E-state index is 6.51. The second-order valence-corrected chi connectivity index (χ2v) is 19.8. The van der Waals surface area contributed by atoms with Gasteiger partial charge in [0.05, 0.1) is 6.16 Å². The lowest BCUT2D eigenvalue weighted by Crippen LogP contribution is -2.41. The molecule has 192 valence electrons. The molecule has 0 unspecified atom stereocenters. The van der Waals surface area contributed by atoms with E-state index in [9.17, 15) is 0 Å². The SMILES string of the molecule is CC/C(=C\[C@@H](C)CCO[Si](C)(C)C(C)(C)C)C[P+](c1ccccc1)(c1ccccc1)c1ccccc1. The minimum Gasteiger partial charge on any atom is -0.417 e. The fourth-order valence-corrected chi connectivity index (χ4v) is 10.0. The Morgan fingerprint density at radius 1 is 0.806 bits per heavy atom. The highest BCUT2D eigenvalue weighted by molar-refractivity contribution is 7.95. The second kappa shape index (κ2) is 12.5. The molecule has 0 saturated carbocycles. The van der Waals surface area contributed by atoms with E-state index in [1.807, 2.05) is 0 Å². The Kier molecular flexibility index (Phi) is 9.92. The molecule has 3 rings (SSSR count). The van der Waals surface area contributed by atoms with Crippen molar-refractivity contribution in [2.24, 2.45) is 5.92 Å². The van der Waals surface area contributed by atoms with Crippen molar-refractivity contribution in [1.82, 2.24) is 0 Å². The number of allylic oxidation sites excluding steroid dienone is 2. The van der Waals surface area contributed by atoms with E-state index in [1.54, 1.807) is 5.57 Å². The van der Waals surface area contributed by atoms with Gasteiger partial charge in [-0.25, -0.2) is 0 Å². The normalized spacial score (nSPS) is 14.0. The van der Waals surface area contributed by atoms with Gasteiger partial charge in [-0.05, 0) is 78.9 Å². The number of benzene rings is 3. The van der Waals surface area contributed by atoms with Crippen molar-refractivity contribution in [1.29, 1.82) is 0 Å². The Balaban J connectivity index is 1.96. The van der Waals surface area contributed by atoms with E-state index in [0.29, 0.717) is 5.92 Å². The van der Waals surface area contributed by atoms with E-state index < -0.39 is 15.6 Å². The average Bonchev–Trinajstić information content (AvgIpc) is 2.87. The zero-order valence-corrected chi connectivity index (χ0v) is 25.4. The summed E-state index contributed by atoms with van der Waals surface area (Å²) in [7, 11) is -3.56. The zero-order valence-electron chi connectivity index (χ0n) is 23.5. The fourth-order valence-electron chi connectivity index (χ4n) is 4.56. The summed E-state index contributed by atoms with van der Waals surface area (Å²) in [5.41, 5.74) is 1.56. The van der Waals surface area contributed by atoms with Crippen LogP contribution < -0.4 is 15.9 Å². The minimum absolute atomic E-state index is 0.256. The van der Waals surface area contributed by atoms with E-state index >= 15 is 0 Å². The van der Waals surface area contributed by atoms with Crippen LogP contribution in [0.15, 0.2) is 103 Å². The van der Waals surface area contributed by atoms with E-state index in [0.717, 1.165) is 25.6 Å². The van der Waals surface area contributed by atoms with Crippen molar-refractivity contribution in [2.75, 3.05) is 12.8 Å². The third-order valence-corrected chi connectivity index (χ3v) is 16.8. The van der Waals surface area contributed by atoms with E-state index in [-0.39, 0.29) is 5.04 Å². The number of hydrogen-bond donors (Lipinski definition) is 0. The molecular weight excluding hydrogens is 471 g/mol. The molecule has 3 heteroatoms. The molecule has 0 amide bonds. The predicted molar refractivity (Wildman–Crippen MR) is 165 cm³/mol. The van der Waals surface area contributed by atoms with Crippen LogP contribution in [-0.2, 0) is 4.43 Å². The van der Waals surface area contributed by atoms with Gasteiger partial charge in [0, 0.05) is 6.61 Å².